The molecular weight excluding hydrogens is 343 g/mol. The van der Waals surface area contributed by atoms with Gasteiger partial charge in [0, 0.05) is 21.8 Å². The molecule has 0 aliphatic rings. The first-order valence-corrected chi connectivity index (χ1v) is 6.69. The molecule has 1 N–H and O–H groups in total. The fourth-order valence-electron chi connectivity index (χ4n) is 1.75. The van der Waals surface area contributed by atoms with Crippen LogP contribution in [0.15, 0.2) is 40.9 Å². The van der Waals surface area contributed by atoms with Gasteiger partial charge in [-0.25, -0.2) is 4.39 Å². The van der Waals surface area contributed by atoms with Gasteiger partial charge in [-0.3, -0.25) is 14.9 Å². The summed E-state index contributed by atoms with van der Waals surface area (Å²) in [5.41, 5.74) is 0.457. The molecule has 0 saturated heterocycles. The third-order valence-electron chi connectivity index (χ3n) is 2.84. The van der Waals surface area contributed by atoms with E-state index in [-0.39, 0.29) is 16.9 Å². The van der Waals surface area contributed by atoms with E-state index in [1.54, 1.807) is 6.92 Å². The Labute approximate surface area is 128 Å². The van der Waals surface area contributed by atoms with Gasteiger partial charge in [-0.2, -0.15) is 0 Å². The summed E-state index contributed by atoms with van der Waals surface area (Å²) in [5.74, 6) is -1.34. The van der Waals surface area contributed by atoms with Crippen LogP contribution >= 0.6 is 15.9 Å². The first kappa shape index (κ1) is 15.1. The van der Waals surface area contributed by atoms with Gasteiger partial charge in [0.05, 0.1) is 10.5 Å². The zero-order valence-electron chi connectivity index (χ0n) is 10.9. The number of aryl methyl sites for hydroxylation is 1. The number of carbonyl (C=O) groups excluding carboxylic acids is 1. The van der Waals surface area contributed by atoms with Crippen molar-refractivity contribution < 1.29 is 14.1 Å². The molecule has 21 heavy (non-hydrogen) atoms. The molecule has 1 amide bonds. The third-order valence-corrected chi connectivity index (χ3v) is 3.33. The molecule has 0 atom stereocenters. The zero-order chi connectivity index (χ0) is 15.6. The Bertz CT molecular complexity index is 734. The van der Waals surface area contributed by atoms with E-state index in [9.17, 15) is 19.3 Å². The van der Waals surface area contributed by atoms with E-state index in [1.165, 1.54) is 30.3 Å². The number of benzene rings is 2. The molecule has 0 saturated carbocycles. The van der Waals surface area contributed by atoms with Gasteiger partial charge in [0.15, 0.2) is 0 Å². The monoisotopic (exact) mass is 352 g/mol. The summed E-state index contributed by atoms with van der Waals surface area (Å²) in [5, 5.41) is 13.3. The van der Waals surface area contributed by atoms with E-state index < -0.39 is 16.6 Å². The Kier molecular flexibility index (Phi) is 4.32. The van der Waals surface area contributed by atoms with Crippen molar-refractivity contribution in [1.29, 1.82) is 0 Å². The first-order valence-electron chi connectivity index (χ1n) is 5.90. The van der Waals surface area contributed by atoms with Gasteiger partial charge < -0.3 is 5.32 Å². The quantitative estimate of drug-likeness (QED) is 0.668. The predicted octanol–water partition coefficient (Wildman–Crippen LogP) is 4.06. The van der Waals surface area contributed by atoms with Gasteiger partial charge in [0.2, 0.25) is 0 Å². The molecule has 0 aromatic heterocycles. The fraction of sp³-hybridized carbons (Fsp3) is 0.0714. The molecule has 2 rings (SSSR count). The lowest BCUT2D eigenvalue weighted by Crippen LogP contribution is -2.14. The molecule has 0 heterocycles. The van der Waals surface area contributed by atoms with Crippen LogP contribution in [0.4, 0.5) is 15.8 Å². The summed E-state index contributed by atoms with van der Waals surface area (Å²) in [6, 6.07) is 8.26. The molecule has 108 valence electrons. The van der Waals surface area contributed by atoms with Crippen molar-refractivity contribution in [2.24, 2.45) is 0 Å². The maximum absolute atomic E-state index is 13.6. The Hall–Kier alpha value is -2.28. The van der Waals surface area contributed by atoms with Crippen molar-refractivity contribution in [3.63, 3.8) is 0 Å². The third kappa shape index (κ3) is 3.43. The van der Waals surface area contributed by atoms with Crippen molar-refractivity contribution in [3.05, 3.63) is 67.9 Å². The number of hydrogen-bond acceptors (Lipinski definition) is 3. The topological polar surface area (TPSA) is 72.2 Å². The molecule has 2 aromatic rings. The van der Waals surface area contributed by atoms with Crippen molar-refractivity contribution in [2.75, 3.05) is 5.32 Å². The summed E-state index contributed by atoms with van der Waals surface area (Å²) < 4.78 is 14.2. The lowest BCUT2D eigenvalue weighted by molar-refractivity contribution is -0.385. The Morgan fingerprint density at radius 3 is 2.67 bits per heavy atom. The number of amides is 1. The first-order chi connectivity index (χ1) is 9.88. The van der Waals surface area contributed by atoms with Crippen LogP contribution in [0.3, 0.4) is 0 Å². The van der Waals surface area contributed by atoms with E-state index in [4.69, 9.17) is 0 Å². The van der Waals surface area contributed by atoms with Gasteiger partial charge >= 0.3 is 0 Å². The standard InChI is InChI=1S/C14H10BrFN2O3/c1-8-2-4-10(7-13(8)18(20)21)17-14(19)11-6-9(15)3-5-12(11)16/h2-7H,1H3,(H,17,19). The van der Waals surface area contributed by atoms with E-state index in [2.05, 4.69) is 21.2 Å². The molecule has 7 heteroatoms. The highest BCUT2D eigenvalue weighted by molar-refractivity contribution is 9.10. The number of carbonyl (C=O) groups is 1. The summed E-state index contributed by atoms with van der Waals surface area (Å²) >= 11 is 3.15. The van der Waals surface area contributed by atoms with Gasteiger partial charge in [0.25, 0.3) is 11.6 Å². The van der Waals surface area contributed by atoms with E-state index >= 15 is 0 Å². The van der Waals surface area contributed by atoms with Gasteiger partial charge in [0.1, 0.15) is 5.82 Å². The minimum absolute atomic E-state index is 0.109. The van der Waals surface area contributed by atoms with Crippen LogP contribution in [0.5, 0.6) is 0 Å². The van der Waals surface area contributed by atoms with E-state index in [0.29, 0.717) is 10.0 Å². The van der Waals surface area contributed by atoms with Crippen LogP contribution in [-0.2, 0) is 0 Å². The summed E-state index contributed by atoms with van der Waals surface area (Å²) in [6.07, 6.45) is 0. The second-order valence-electron chi connectivity index (χ2n) is 4.34. The van der Waals surface area contributed by atoms with Crippen LogP contribution in [0.25, 0.3) is 0 Å². The molecular formula is C14H10BrFN2O3. The van der Waals surface area contributed by atoms with Crippen LogP contribution < -0.4 is 5.32 Å². The van der Waals surface area contributed by atoms with Gasteiger partial charge in [-0.05, 0) is 31.2 Å². The number of hydrogen-bond donors (Lipinski definition) is 1. The average Bonchev–Trinajstić information content (AvgIpc) is 2.43. The number of nitrogens with one attached hydrogen (secondary N) is 1. The van der Waals surface area contributed by atoms with Crippen LogP contribution in [0.1, 0.15) is 15.9 Å². The van der Waals surface area contributed by atoms with Gasteiger partial charge in [-0.1, -0.05) is 22.0 Å². The van der Waals surface area contributed by atoms with Crippen molar-refractivity contribution >= 4 is 33.2 Å². The molecule has 0 aliphatic carbocycles. The number of rotatable bonds is 3. The van der Waals surface area contributed by atoms with Crippen molar-refractivity contribution in [2.45, 2.75) is 6.92 Å². The minimum Gasteiger partial charge on any atom is -0.322 e. The second-order valence-corrected chi connectivity index (χ2v) is 5.25. The molecule has 0 spiro atoms. The number of nitro benzene ring substituents is 1. The van der Waals surface area contributed by atoms with Crippen molar-refractivity contribution in [3.8, 4) is 0 Å². The highest BCUT2D eigenvalue weighted by Gasteiger charge is 2.15. The largest absolute Gasteiger partial charge is 0.322 e. The van der Waals surface area contributed by atoms with Gasteiger partial charge in [-0.15, -0.1) is 0 Å². The predicted molar refractivity (Wildman–Crippen MR) is 79.9 cm³/mol. The average molecular weight is 353 g/mol. The molecule has 0 fully saturated rings. The highest BCUT2D eigenvalue weighted by atomic mass is 79.9. The van der Waals surface area contributed by atoms with Crippen LogP contribution in [0, 0.1) is 22.9 Å². The summed E-state index contributed by atoms with van der Waals surface area (Å²) in [4.78, 5) is 22.3. The molecule has 0 unspecified atom stereocenters. The Morgan fingerprint density at radius 1 is 1.29 bits per heavy atom. The van der Waals surface area contributed by atoms with Crippen LogP contribution in [-0.4, -0.2) is 10.8 Å². The Balaban J connectivity index is 2.29. The molecule has 2 aromatic carbocycles. The molecule has 0 radical (unpaired) electrons. The Morgan fingerprint density at radius 2 is 2.00 bits per heavy atom. The number of nitrogens with zero attached hydrogens (tertiary/aromatic N) is 1. The smallest absolute Gasteiger partial charge is 0.274 e. The van der Waals surface area contributed by atoms with E-state index in [0.717, 1.165) is 6.07 Å². The number of nitro groups is 1. The van der Waals surface area contributed by atoms with Crippen molar-refractivity contribution in [1.82, 2.24) is 0 Å². The lowest BCUT2D eigenvalue weighted by Gasteiger charge is -2.07. The normalized spacial score (nSPS) is 10.2. The van der Waals surface area contributed by atoms with E-state index in [1.807, 2.05) is 0 Å². The minimum atomic E-state index is -0.674. The highest BCUT2D eigenvalue weighted by Crippen LogP contribution is 2.23. The summed E-state index contributed by atoms with van der Waals surface area (Å²) in [7, 11) is 0. The number of anilines is 1. The van der Waals surface area contributed by atoms with Crippen LogP contribution in [0.2, 0.25) is 0 Å². The summed E-state index contributed by atoms with van der Waals surface area (Å²) in [6.45, 7) is 1.59. The lowest BCUT2D eigenvalue weighted by atomic mass is 10.1. The second kappa shape index (κ2) is 6.01. The number of halogens is 2. The molecule has 0 aliphatic heterocycles. The fourth-order valence-corrected chi connectivity index (χ4v) is 2.11. The molecule has 0 bridgehead atoms. The zero-order valence-corrected chi connectivity index (χ0v) is 12.5. The molecule has 5 nitrogen and oxygen atoms in total. The maximum Gasteiger partial charge on any atom is 0.274 e. The maximum atomic E-state index is 13.6. The SMILES string of the molecule is Cc1ccc(NC(=O)c2cc(Br)ccc2F)cc1[N+](=O)[O-].